The van der Waals surface area contributed by atoms with E-state index in [1.54, 1.807) is 4.90 Å². The average molecular weight is 416 g/mol. The second-order valence-electron chi connectivity index (χ2n) is 6.98. The lowest BCUT2D eigenvalue weighted by molar-refractivity contribution is -0.114. The van der Waals surface area contributed by atoms with Crippen LogP contribution in [0.15, 0.2) is 30.3 Å². The van der Waals surface area contributed by atoms with Gasteiger partial charge in [0.05, 0.1) is 4.70 Å². The second kappa shape index (κ2) is 7.82. The number of piperidine rings is 1. The third kappa shape index (κ3) is 4.24. The number of nitrogens with zero attached hydrogens (tertiary/aromatic N) is 3. The van der Waals surface area contributed by atoms with Gasteiger partial charge in [-0.1, -0.05) is 11.3 Å². The normalized spacial score (nSPS) is 14.9. The number of benzene rings is 1. The van der Waals surface area contributed by atoms with E-state index in [-0.39, 0.29) is 23.3 Å². The SMILES string of the molecule is CC(=O)Nc1nc2nc(C3CCN(C(=O)c4cc(F)cc(F)c4)CC3)ccc2s1. The number of fused-ring (bicyclic) bond motifs is 1. The molecule has 0 saturated carbocycles. The van der Waals surface area contributed by atoms with Crippen LogP contribution in [0, 0.1) is 11.6 Å². The molecule has 0 aliphatic carbocycles. The molecule has 9 heteroatoms. The molecule has 4 rings (SSSR count). The number of carbonyl (C=O) groups is 2. The summed E-state index contributed by atoms with van der Waals surface area (Å²) in [5.74, 6) is -1.91. The monoisotopic (exact) mass is 416 g/mol. The van der Waals surface area contributed by atoms with E-state index in [0.29, 0.717) is 36.7 Å². The number of pyridine rings is 1. The van der Waals surface area contributed by atoms with Gasteiger partial charge in [-0.15, -0.1) is 0 Å². The van der Waals surface area contributed by atoms with Crippen molar-refractivity contribution in [3.63, 3.8) is 0 Å². The molecule has 2 amide bonds. The number of likely N-dealkylation sites (tertiary alicyclic amines) is 1. The molecule has 0 bridgehead atoms. The average Bonchev–Trinajstić information content (AvgIpc) is 3.07. The molecule has 1 aromatic carbocycles. The number of carbonyl (C=O) groups excluding carboxylic acids is 2. The molecule has 0 unspecified atom stereocenters. The maximum Gasteiger partial charge on any atom is 0.254 e. The summed E-state index contributed by atoms with van der Waals surface area (Å²) in [6.07, 6.45) is 1.40. The second-order valence-corrected chi connectivity index (χ2v) is 8.01. The van der Waals surface area contributed by atoms with E-state index in [9.17, 15) is 18.4 Å². The zero-order valence-corrected chi connectivity index (χ0v) is 16.4. The molecule has 6 nitrogen and oxygen atoms in total. The van der Waals surface area contributed by atoms with Crippen molar-refractivity contribution >= 4 is 38.6 Å². The fourth-order valence-corrected chi connectivity index (χ4v) is 4.36. The first-order valence-electron chi connectivity index (χ1n) is 9.19. The van der Waals surface area contributed by atoms with E-state index < -0.39 is 11.6 Å². The minimum Gasteiger partial charge on any atom is -0.339 e. The number of thiazole rings is 1. The molecular formula is C20H18F2N4O2S. The van der Waals surface area contributed by atoms with Gasteiger partial charge in [-0.2, -0.15) is 4.98 Å². The first kappa shape index (κ1) is 19.4. The van der Waals surface area contributed by atoms with Crippen LogP contribution >= 0.6 is 11.3 Å². The summed E-state index contributed by atoms with van der Waals surface area (Å²) in [4.78, 5) is 34.3. The van der Waals surface area contributed by atoms with Crippen molar-refractivity contribution in [2.75, 3.05) is 18.4 Å². The quantitative estimate of drug-likeness (QED) is 0.702. The molecule has 1 saturated heterocycles. The highest BCUT2D eigenvalue weighted by Crippen LogP contribution is 2.31. The van der Waals surface area contributed by atoms with Crippen LogP contribution in [0.1, 0.15) is 41.7 Å². The van der Waals surface area contributed by atoms with Gasteiger partial charge in [-0.05, 0) is 37.1 Å². The van der Waals surface area contributed by atoms with Crippen molar-refractivity contribution in [3.8, 4) is 0 Å². The minimum absolute atomic E-state index is 0.0217. The lowest BCUT2D eigenvalue weighted by Gasteiger charge is -2.31. The Kier molecular flexibility index (Phi) is 5.23. The van der Waals surface area contributed by atoms with Crippen LogP contribution in [0.5, 0.6) is 0 Å². The smallest absolute Gasteiger partial charge is 0.254 e. The van der Waals surface area contributed by atoms with Crippen LogP contribution in [0.4, 0.5) is 13.9 Å². The topological polar surface area (TPSA) is 75.2 Å². The highest BCUT2D eigenvalue weighted by molar-refractivity contribution is 7.22. The predicted molar refractivity (Wildman–Crippen MR) is 106 cm³/mol. The van der Waals surface area contributed by atoms with Gasteiger partial charge < -0.3 is 10.2 Å². The summed E-state index contributed by atoms with van der Waals surface area (Å²) >= 11 is 1.37. The Labute approximate surface area is 169 Å². The molecule has 3 aromatic rings. The zero-order valence-electron chi connectivity index (χ0n) is 15.6. The number of nitrogens with one attached hydrogen (secondary N) is 1. The van der Waals surface area contributed by atoms with Crippen LogP contribution in [0.3, 0.4) is 0 Å². The van der Waals surface area contributed by atoms with E-state index in [4.69, 9.17) is 0 Å². The Balaban J connectivity index is 1.45. The maximum absolute atomic E-state index is 13.4. The molecule has 150 valence electrons. The maximum atomic E-state index is 13.4. The number of halogens is 2. The summed E-state index contributed by atoms with van der Waals surface area (Å²) < 4.78 is 27.7. The first-order valence-corrected chi connectivity index (χ1v) is 10.0. The van der Waals surface area contributed by atoms with Gasteiger partial charge >= 0.3 is 0 Å². The molecule has 29 heavy (non-hydrogen) atoms. The van der Waals surface area contributed by atoms with Crippen molar-refractivity contribution < 1.29 is 18.4 Å². The zero-order chi connectivity index (χ0) is 20.5. The number of rotatable bonds is 3. The lowest BCUT2D eigenvalue weighted by atomic mass is 9.92. The Bertz CT molecular complexity index is 1070. The summed E-state index contributed by atoms with van der Waals surface area (Å²) in [7, 11) is 0. The third-order valence-electron chi connectivity index (χ3n) is 4.87. The summed E-state index contributed by atoms with van der Waals surface area (Å²) in [6, 6.07) is 6.75. The molecule has 2 aromatic heterocycles. The Morgan fingerprint density at radius 1 is 1.10 bits per heavy atom. The molecule has 1 aliphatic heterocycles. The van der Waals surface area contributed by atoms with Gasteiger partial charge in [0.1, 0.15) is 11.6 Å². The molecule has 1 aliphatic rings. The van der Waals surface area contributed by atoms with Gasteiger partial charge in [0.25, 0.3) is 5.91 Å². The van der Waals surface area contributed by atoms with E-state index in [1.807, 2.05) is 12.1 Å². The van der Waals surface area contributed by atoms with Gasteiger partial charge in [-0.25, -0.2) is 13.8 Å². The van der Waals surface area contributed by atoms with Crippen molar-refractivity contribution in [1.82, 2.24) is 14.9 Å². The van der Waals surface area contributed by atoms with E-state index >= 15 is 0 Å². The molecule has 1 N–H and O–H groups in total. The third-order valence-corrected chi connectivity index (χ3v) is 5.79. The predicted octanol–water partition coefficient (Wildman–Crippen LogP) is 3.95. The number of aromatic nitrogens is 2. The van der Waals surface area contributed by atoms with Gasteiger partial charge in [-0.3, -0.25) is 9.59 Å². The largest absolute Gasteiger partial charge is 0.339 e. The van der Waals surface area contributed by atoms with Crippen LogP contribution in [-0.4, -0.2) is 39.8 Å². The Morgan fingerprint density at radius 2 is 1.79 bits per heavy atom. The van der Waals surface area contributed by atoms with Crippen LogP contribution in [-0.2, 0) is 4.79 Å². The van der Waals surface area contributed by atoms with Crippen molar-refractivity contribution in [2.24, 2.45) is 0 Å². The number of amides is 2. The van der Waals surface area contributed by atoms with Gasteiger partial charge in [0.2, 0.25) is 5.91 Å². The van der Waals surface area contributed by atoms with Crippen LogP contribution in [0.2, 0.25) is 0 Å². The first-order chi connectivity index (χ1) is 13.9. The fourth-order valence-electron chi connectivity index (χ4n) is 3.50. The van der Waals surface area contributed by atoms with Crippen molar-refractivity contribution in [1.29, 1.82) is 0 Å². The summed E-state index contributed by atoms with van der Waals surface area (Å²) in [5, 5.41) is 3.18. The molecule has 0 radical (unpaired) electrons. The minimum atomic E-state index is -0.761. The number of hydrogen-bond acceptors (Lipinski definition) is 5. The van der Waals surface area contributed by atoms with Crippen molar-refractivity contribution in [2.45, 2.75) is 25.7 Å². The highest BCUT2D eigenvalue weighted by Gasteiger charge is 2.26. The van der Waals surface area contributed by atoms with E-state index in [0.717, 1.165) is 28.6 Å². The van der Waals surface area contributed by atoms with Crippen molar-refractivity contribution in [3.05, 3.63) is 53.2 Å². The van der Waals surface area contributed by atoms with E-state index in [2.05, 4.69) is 15.3 Å². The molecule has 3 heterocycles. The molecule has 0 spiro atoms. The number of anilines is 1. The fraction of sp³-hybridized carbons (Fsp3) is 0.300. The van der Waals surface area contributed by atoms with Gasteiger partial charge in [0, 0.05) is 43.3 Å². The summed E-state index contributed by atoms with van der Waals surface area (Å²) in [6.45, 7) is 2.39. The summed E-state index contributed by atoms with van der Waals surface area (Å²) in [5.41, 5.74) is 1.50. The standard InChI is InChI=1S/C20H18F2N4O2S/c1-11(27)23-20-25-18-17(29-20)3-2-16(24-18)12-4-6-26(7-5-12)19(28)13-8-14(21)10-15(22)9-13/h2-3,8-10,12H,4-7H2,1H3,(H,23,24,25,27). The van der Waals surface area contributed by atoms with Gasteiger partial charge in [0.15, 0.2) is 10.8 Å². The van der Waals surface area contributed by atoms with Crippen LogP contribution in [0.25, 0.3) is 10.3 Å². The Morgan fingerprint density at radius 3 is 2.45 bits per heavy atom. The van der Waals surface area contributed by atoms with Crippen LogP contribution < -0.4 is 5.32 Å². The number of hydrogen-bond donors (Lipinski definition) is 1. The Hall–Kier alpha value is -2.94. The molecule has 0 atom stereocenters. The molecular weight excluding hydrogens is 398 g/mol. The van der Waals surface area contributed by atoms with E-state index in [1.165, 1.54) is 18.3 Å². The lowest BCUT2D eigenvalue weighted by Crippen LogP contribution is -2.38. The highest BCUT2D eigenvalue weighted by atomic mass is 32.1. The molecule has 1 fully saturated rings.